The highest BCUT2D eigenvalue weighted by molar-refractivity contribution is 5.29. The zero-order chi connectivity index (χ0) is 13.8. The Morgan fingerprint density at radius 3 is 2.68 bits per heavy atom. The van der Waals surface area contributed by atoms with Crippen molar-refractivity contribution >= 4 is 0 Å². The molecule has 0 saturated heterocycles. The lowest BCUT2D eigenvalue weighted by atomic mass is 9.79. The van der Waals surface area contributed by atoms with Crippen LogP contribution in [0, 0.1) is 11.8 Å². The van der Waals surface area contributed by atoms with Crippen LogP contribution in [0.1, 0.15) is 58.1 Å². The topological polar surface area (TPSA) is 32.3 Å². The van der Waals surface area contributed by atoms with Gasteiger partial charge in [-0.25, -0.2) is 0 Å². The van der Waals surface area contributed by atoms with E-state index in [-0.39, 0.29) is 0 Å². The summed E-state index contributed by atoms with van der Waals surface area (Å²) in [6.07, 6.45) is 5.30. The minimum Gasteiger partial charge on any atom is -0.508 e. The van der Waals surface area contributed by atoms with E-state index in [2.05, 4.69) is 32.2 Å². The van der Waals surface area contributed by atoms with Crippen LogP contribution in [0.2, 0.25) is 0 Å². The molecule has 0 spiro atoms. The standard InChI is InChI=1S/C17H27NO/c1-12(2)14-6-4-8-16(10-14)18-13(3)15-7-5-9-17(19)11-15/h5,7,9,11-14,16,18-19H,4,6,8,10H2,1-3H3. The predicted octanol–water partition coefficient (Wildman–Crippen LogP) is 4.26. The smallest absolute Gasteiger partial charge is 0.115 e. The molecule has 2 rings (SSSR count). The van der Waals surface area contributed by atoms with Gasteiger partial charge in [-0.15, -0.1) is 0 Å². The molecule has 1 aliphatic carbocycles. The molecule has 1 fully saturated rings. The van der Waals surface area contributed by atoms with E-state index < -0.39 is 0 Å². The number of aromatic hydroxyl groups is 1. The first kappa shape index (κ1) is 14.4. The zero-order valence-corrected chi connectivity index (χ0v) is 12.4. The van der Waals surface area contributed by atoms with Crippen LogP contribution >= 0.6 is 0 Å². The molecule has 3 unspecified atom stereocenters. The van der Waals surface area contributed by atoms with Gasteiger partial charge in [0.15, 0.2) is 0 Å². The van der Waals surface area contributed by atoms with Crippen LogP contribution in [-0.2, 0) is 0 Å². The highest BCUT2D eigenvalue weighted by atomic mass is 16.3. The Morgan fingerprint density at radius 1 is 1.21 bits per heavy atom. The summed E-state index contributed by atoms with van der Waals surface area (Å²) in [5, 5.41) is 13.3. The van der Waals surface area contributed by atoms with Crippen molar-refractivity contribution < 1.29 is 5.11 Å². The van der Waals surface area contributed by atoms with Gasteiger partial charge in [0.05, 0.1) is 0 Å². The quantitative estimate of drug-likeness (QED) is 0.849. The van der Waals surface area contributed by atoms with Crippen LogP contribution in [0.5, 0.6) is 5.75 Å². The van der Waals surface area contributed by atoms with Gasteiger partial charge in [-0.2, -0.15) is 0 Å². The number of benzene rings is 1. The molecule has 106 valence electrons. The molecule has 2 heteroatoms. The minimum atomic E-state index is 0.308. The molecule has 19 heavy (non-hydrogen) atoms. The van der Waals surface area contributed by atoms with Crippen LogP contribution in [0.25, 0.3) is 0 Å². The van der Waals surface area contributed by atoms with Crippen LogP contribution < -0.4 is 5.32 Å². The van der Waals surface area contributed by atoms with Gasteiger partial charge in [0.2, 0.25) is 0 Å². The summed E-state index contributed by atoms with van der Waals surface area (Å²) in [7, 11) is 0. The molecule has 2 N–H and O–H groups in total. The van der Waals surface area contributed by atoms with Crippen molar-refractivity contribution in [3.8, 4) is 5.75 Å². The number of phenolic OH excluding ortho intramolecular Hbond substituents is 1. The first-order valence-corrected chi connectivity index (χ1v) is 7.61. The number of nitrogens with one attached hydrogen (secondary N) is 1. The molecular weight excluding hydrogens is 234 g/mol. The van der Waals surface area contributed by atoms with Crippen molar-refractivity contribution in [1.29, 1.82) is 0 Å². The number of hydrogen-bond acceptors (Lipinski definition) is 2. The van der Waals surface area contributed by atoms with Crippen molar-refractivity contribution in [3.63, 3.8) is 0 Å². The molecule has 3 atom stereocenters. The lowest BCUT2D eigenvalue weighted by molar-refractivity contribution is 0.223. The van der Waals surface area contributed by atoms with Gasteiger partial charge in [-0.05, 0) is 49.3 Å². The molecule has 2 nitrogen and oxygen atoms in total. The lowest BCUT2D eigenvalue weighted by Gasteiger charge is -2.34. The molecule has 0 radical (unpaired) electrons. The molecule has 0 heterocycles. The Labute approximate surface area is 117 Å². The van der Waals surface area contributed by atoms with Gasteiger partial charge in [0, 0.05) is 12.1 Å². The first-order chi connectivity index (χ1) is 9.06. The van der Waals surface area contributed by atoms with E-state index in [1.54, 1.807) is 6.07 Å². The molecule has 0 aliphatic heterocycles. The summed E-state index contributed by atoms with van der Waals surface area (Å²) in [6, 6.07) is 8.52. The normalized spacial score (nSPS) is 25.5. The second kappa shape index (κ2) is 6.42. The van der Waals surface area contributed by atoms with Crippen molar-refractivity contribution in [2.24, 2.45) is 11.8 Å². The van der Waals surface area contributed by atoms with Crippen molar-refractivity contribution in [2.75, 3.05) is 0 Å². The second-order valence-corrected chi connectivity index (χ2v) is 6.35. The Morgan fingerprint density at radius 2 is 2.00 bits per heavy atom. The third-order valence-corrected chi connectivity index (χ3v) is 4.51. The predicted molar refractivity (Wildman–Crippen MR) is 80.2 cm³/mol. The lowest BCUT2D eigenvalue weighted by Crippen LogP contribution is -2.37. The van der Waals surface area contributed by atoms with E-state index in [4.69, 9.17) is 0 Å². The summed E-state index contributed by atoms with van der Waals surface area (Å²) in [6.45, 7) is 6.87. The fraction of sp³-hybridized carbons (Fsp3) is 0.647. The fourth-order valence-corrected chi connectivity index (χ4v) is 3.23. The summed E-state index contributed by atoms with van der Waals surface area (Å²) < 4.78 is 0. The molecule has 0 bridgehead atoms. The fourth-order valence-electron chi connectivity index (χ4n) is 3.23. The maximum absolute atomic E-state index is 9.55. The van der Waals surface area contributed by atoms with Crippen molar-refractivity contribution in [3.05, 3.63) is 29.8 Å². The monoisotopic (exact) mass is 261 g/mol. The Bertz CT molecular complexity index is 402. The largest absolute Gasteiger partial charge is 0.508 e. The summed E-state index contributed by atoms with van der Waals surface area (Å²) >= 11 is 0. The molecule has 0 aromatic heterocycles. The van der Waals surface area contributed by atoms with E-state index in [1.165, 1.54) is 31.2 Å². The third kappa shape index (κ3) is 3.97. The van der Waals surface area contributed by atoms with E-state index in [1.807, 2.05) is 12.1 Å². The molecule has 1 aliphatic rings. The minimum absolute atomic E-state index is 0.308. The molecule has 1 saturated carbocycles. The summed E-state index contributed by atoms with van der Waals surface area (Å²) in [5.41, 5.74) is 1.17. The molecule has 1 aromatic carbocycles. The van der Waals surface area contributed by atoms with E-state index in [0.29, 0.717) is 17.8 Å². The molecule has 0 amide bonds. The highest BCUT2D eigenvalue weighted by Gasteiger charge is 2.25. The molecule has 1 aromatic rings. The average molecular weight is 261 g/mol. The van der Waals surface area contributed by atoms with Crippen molar-refractivity contribution in [1.82, 2.24) is 5.32 Å². The average Bonchev–Trinajstić information content (AvgIpc) is 2.39. The van der Waals surface area contributed by atoms with Gasteiger partial charge in [0.25, 0.3) is 0 Å². The van der Waals surface area contributed by atoms with E-state index in [9.17, 15) is 5.11 Å². The number of rotatable bonds is 4. The van der Waals surface area contributed by atoms with Crippen LogP contribution in [0.4, 0.5) is 0 Å². The summed E-state index contributed by atoms with van der Waals surface area (Å²) in [4.78, 5) is 0. The van der Waals surface area contributed by atoms with Gasteiger partial charge in [-0.1, -0.05) is 38.8 Å². The first-order valence-electron chi connectivity index (χ1n) is 7.61. The maximum atomic E-state index is 9.55. The SMILES string of the molecule is CC(NC1CCCC(C(C)C)C1)c1cccc(O)c1. The van der Waals surface area contributed by atoms with Gasteiger partial charge in [-0.3, -0.25) is 0 Å². The Hall–Kier alpha value is -1.02. The summed E-state index contributed by atoms with van der Waals surface area (Å²) in [5.74, 6) is 2.01. The number of hydrogen-bond donors (Lipinski definition) is 2. The van der Waals surface area contributed by atoms with Crippen LogP contribution in [-0.4, -0.2) is 11.1 Å². The highest BCUT2D eigenvalue weighted by Crippen LogP contribution is 2.31. The maximum Gasteiger partial charge on any atom is 0.115 e. The second-order valence-electron chi connectivity index (χ2n) is 6.35. The van der Waals surface area contributed by atoms with Crippen LogP contribution in [0.15, 0.2) is 24.3 Å². The Kier molecular flexibility index (Phi) is 4.87. The Balaban J connectivity index is 1.93. The van der Waals surface area contributed by atoms with Crippen LogP contribution in [0.3, 0.4) is 0 Å². The number of phenols is 1. The van der Waals surface area contributed by atoms with E-state index in [0.717, 1.165) is 11.8 Å². The van der Waals surface area contributed by atoms with Gasteiger partial charge < -0.3 is 10.4 Å². The third-order valence-electron chi connectivity index (χ3n) is 4.51. The van der Waals surface area contributed by atoms with Crippen molar-refractivity contribution in [2.45, 2.75) is 58.5 Å². The van der Waals surface area contributed by atoms with E-state index >= 15 is 0 Å². The van der Waals surface area contributed by atoms with Gasteiger partial charge >= 0.3 is 0 Å². The molecular formula is C17H27NO. The zero-order valence-electron chi connectivity index (χ0n) is 12.4. The van der Waals surface area contributed by atoms with Gasteiger partial charge in [0.1, 0.15) is 5.75 Å².